The Balaban J connectivity index is 2.78. The zero-order valence-electron chi connectivity index (χ0n) is 9.96. The first-order valence-corrected chi connectivity index (χ1v) is 5.31. The van der Waals surface area contributed by atoms with Crippen LogP contribution in [0.2, 0.25) is 0 Å². The Kier molecular flexibility index (Phi) is 5.22. The quantitative estimate of drug-likeness (QED) is 0.443. The van der Waals surface area contributed by atoms with E-state index in [0.29, 0.717) is 0 Å². The largest absolute Gasteiger partial charge is 0.391 e. The lowest BCUT2D eigenvalue weighted by molar-refractivity contribution is -0.133. The number of aliphatic hydroxyl groups is 1. The van der Waals surface area contributed by atoms with Gasteiger partial charge in [0.1, 0.15) is 6.04 Å². The number of carbonyl (C=O) groups is 2. The van der Waals surface area contributed by atoms with Gasteiger partial charge in [0, 0.05) is 10.1 Å². The first-order valence-electron chi connectivity index (χ1n) is 5.31. The number of nitrogens with one attached hydrogen (secondary N) is 2. The van der Waals surface area contributed by atoms with Gasteiger partial charge in [-0.2, -0.15) is 0 Å². The maximum atomic E-state index is 11.8. The van der Waals surface area contributed by atoms with Crippen molar-refractivity contribution in [3.05, 3.63) is 29.8 Å². The van der Waals surface area contributed by atoms with Crippen LogP contribution in [-0.2, 0) is 4.79 Å². The summed E-state index contributed by atoms with van der Waals surface area (Å²) < 4.78 is 11.8. The van der Waals surface area contributed by atoms with E-state index < -0.39 is 24.0 Å². The average Bonchev–Trinajstić information content (AvgIpc) is 2.43. The molecule has 0 heterocycles. The second-order valence-corrected chi connectivity index (χ2v) is 3.77. The van der Waals surface area contributed by atoms with Gasteiger partial charge in [-0.25, -0.2) is 5.48 Å². The fourth-order valence-electron chi connectivity index (χ4n) is 1.36. The third-order valence-corrected chi connectivity index (χ3v) is 2.37. The van der Waals surface area contributed by atoms with Crippen molar-refractivity contribution in [2.75, 3.05) is 0 Å². The maximum absolute atomic E-state index is 11.8. The van der Waals surface area contributed by atoms with E-state index >= 15 is 0 Å². The van der Waals surface area contributed by atoms with Crippen LogP contribution in [0.1, 0.15) is 17.3 Å². The number of hydrogen-bond donors (Lipinski definition) is 4. The predicted octanol–water partition coefficient (Wildman–Crippen LogP) is -0.0655. The Morgan fingerprint density at radius 2 is 1.89 bits per heavy atom. The molecule has 1 aromatic carbocycles. The smallest absolute Gasteiger partial charge is 0.268 e. The molecule has 19 heavy (non-hydrogen) atoms. The molecular formula is C11H13FN2O5. The number of hydroxylamine groups is 1. The van der Waals surface area contributed by atoms with Crippen LogP contribution in [0.15, 0.2) is 24.3 Å². The molecule has 0 fully saturated rings. The van der Waals surface area contributed by atoms with Crippen LogP contribution in [0.25, 0.3) is 0 Å². The minimum absolute atomic E-state index is 0.0725. The Morgan fingerprint density at radius 1 is 1.32 bits per heavy atom. The predicted molar refractivity (Wildman–Crippen MR) is 61.0 cm³/mol. The van der Waals surface area contributed by atoms with Gasteiger partial charge >= 0.3 is 0 Å². The molecule has 0 aromatic heterocycles. The Bertz CT molecular complexity index is 449. The summed E-state index contributed by atoms with van der Waals surface area (Å²) >= 11 is 0. The minimum atomic E-state index is -1.31. The highest BCUT2D eigenvalue weighted by atomic mass is 19.3. The molecule has 2 atom stereocenters. The molecule has 0 saturated heterocycles. The molecule has 104 valence electrons. The van der Waals surface area contributed by atoms with Gasteiger partial charge in [-0.3, -0.25) is 19.7 Å². The van der Waals surface area contributed by atoms with Crippen LogP contribution >= 0.6 is 0 Å². The minimum Gasteiger partial charge on any atom is -0.391 e. The zero-order valence-corrected chi connectivity index (χ0v) is 9.96. The fraction of sp³-hybridized carbons (Fsp3) is 0.273. The number of amides is 2. The normalized spacial score (nSPS) is 13.3. The number of aliphatic hydroxyl groups excluding tert-OH is 1. The highest BCUT2D eigenvalue weighted by Crippen LogP contribution is 2.12. The lowest BCUT2D eigenvalue weighted by atomic mass is 10.1. The van der Waals surface area contributed by atoms with Crippen molar-refractivity contribution in [2.24, 2.45) is 0 Å². The van der Waals surface area contributed by atoms with Crippen LogP contribution in [0.4, 0.5) is 4.53 Å². The highest BCUT2D eigenvalue weighted by Gasteiger charge is 2.25. The maximum Gasteiger partial charge on any atom is 0.268 e. The molecule has 1 rings (SSSR count). The van der Waals surface area contributed by atoms with E-state index in [4.69, 9.17) is 5.21 Å². The molecule has 4 N–H and O–H groups in total. The Morgan fingerprint density at radius 3 is 2.32 bits per heavy atom. The summed E-state index contributed by atoms with van der Waals surface area (Å²) in [5.41, 5.74) is 1.47. The lowest BCUT2D eigenvalue weighted by Crippen LogP contribution is -2.51. The zero-order chi connectivity index (χ0) is 14.4. The molecule has 0 unspecified atom stereocenters. The van der Waals surface area contributed by atoms with E-state index in [1.807, 2.05) is 0 Å². The van der Waals surface area contributed by atoms with Crippen molar-refractivity contribution in [3.8, 4) is 5.75 Å². The number of hydrogen-bond acceptors (Lipinski definition) is 5. The molecule has 0 aliphatic rings. The van der Waals surface area contributed by atoms with E-state index in [-0.39, 0.29) is 11.3 Å². The van der Waals surface area contributed by atoms with Gasteiger partial charge in [0.2, 0.25) is 0 Å². The summed E-state index contributed by atoms with van der Waals surface area (Å²) in [5.74, 6) is -1.69. The van der Waals surface area contributed by atoms with Crippen LogP contribution in [0, 0.1) is 0 Å². The van der Waals surface area contributed by atoms with Crippen LogP contribution in [0.3, 0.4) is 0 Å². The first-order chi connectivity index (χ1) is 8.99. The van der Waals surface area contributed by atoms with Gasteiger partial charge in [0.15, 0.2) is 5.75 Å². The summed E-state index contributed by atoms with van der Waals surface area (Å²) in [6.07, 6.45) is -1.20. The van der Waals surface area contributed by atoms with Crippen molar-refractivity contribution in [1.29, 1.82) is 0 Å². The molecule has 0 spiro atoms. The average molecular weight is 272 g/mol. The van der Waals surface area contributed by atoms with Gasteiger partial charge in [-0.15, -0.1) is 0 Å². The third kappa shape index (κ3) is 3.90. The molecule has 0 saturated carbocycles. The van der Waals surface area contributed by atoms with Crippen molar-refractivity contribution in [3.63, 3.8) is 0 Å². The summed E-state index contributed by atoms with van der Waals surface area (Å²) in [4.78, 5) is 26.4. The molecule has 7 nitrogen and oxygen atoms in total. The van der Waals surface area contributed by atoms with E-state index in [0.717, 1.165) is 0 Å². The molecule has 0 aliphatic carbocycles. The number of carbonyl (C=O) groups excluding carboxylic acids is 2. The summed E-state index contributed by atoms with van der Waals surface area (Å²) in [6.45, 7) is 1.28. The van der Waals surface area contributed by atoms with E-state index in [2.05, 4.69) is 10.3 Å². The van der Waals surface area contributed by atoms with Gasteiger partial charge < -0.3 is 10.4 Å². The van der Waals surface area contributed by atoms with Gasteiger partial charge in [0.25, 0.3) is 11.8 Å². The Hall–Kier alpha value is -2.19. The molecule has 0 bridgehead atoms. The summed E-state index contributed by atoms with van der Waals surface area (Å²) in [6, 6.07) is 3.69. The molecule has 1 aromatic rings. The molecule has 2 amide bonds. The number of benzene rings is 1. The van der Waals surface area contributed by atoms with Gasteiger partial charge in [0.05, 0.1) is 6.10 Å². The van der Waals surface area contributed by atoms with Crippen molar-refractivity contribution in [2.45, 2.75) is 19.1 Å². The topological polar surface area (TPSA) is 108 Å². The Labute approximate surface area is 107 Å². The SMILES string of the molecule is C[C@@H](O)[C@H](NC(=O)c1ccc(OF)cc1)C(=O)NO. The molecule has 0 radical (unpaired) electrons. The number of halogens is 1. The molecular weight excluding hydrogens is 259 g/mol. The monoisotopic (exact) mass is 272 g/mol. The fourth-order valence-corrected chi connectivity index (χ4v) is 1.36. The highest BCUT2D eigenvalue weighted by molar-refractivity contribution is 5.97. The van der Waals surface area contributed by atoms with Crippen molar-refractivity contribution < 1.29 is 29.4 Å². The molecule has 0 aliphatic heterocycles. The lowest BCUT2D eigenvalue weighted by Gasteiger charge is -2.19. The second-order valence-electron chi connectivity index (χ2n) is 3.77. The van der Waals surface area contributed by atoms with Crippen LogP contribution in [0.5, 0.6) is 5.75 Å². The molecule has 8 heteroatoms. The van der Waals surface area contributed by atoms with E-state index in [9.17, 15) is 19.2 Å². The summed E-state index contributed by atoms with van der Waals surface area (Å²) in [7, 11) is 0. The second kappa shape index (κ2) is 6.66. The van der Waals surface area contributed by atoms with Crippen molar-refractivity contribution >= 4 is 11.8 Å². The summed E-state index contributed by atoms with van der Waals surface area (Å²) in [5, 5.41) is 20.0. The van der Waals surface area contributed by atoms with Crippen LogP contribution in [-0.4, -0.2) is 34.3 Å². The first kappa shape index (κ1) is 14.9. The third-order valence-electron chi connectivity index (χ3n) is 2.37. The van der Waals surface area contributed by atoms with E-state index in [1.54, 1.807) is 0 Å². The van der Waals surface area contributed by atoms with Gasteiger partial charge in [-0.1, -0.05) is 0 Å². The standard InChI is InChI=1S/C11H13FN2O5/c1-6(15)9(11(17)14-18)13-10(16)7-2-4-8(19-12)5-3-7/h2-6,9,15,18H,1H3,(H,13,16)(H,14,17)/t6-,9+/m1/s1. The van der Waals surface area contributed by atoms with Gasteiger partial charge in [-0.05, 0) is 31.2 Å². The number of rotatable bonds is 5. The van der Waals surface area contributed by atoms with E-state index in [1.165, 1.54) is 36.7 Å². The van der Waals surface area contributed by atoms with Crippen LogP contribution < -0.4 is 15.7 Å². The van der Waals surface area contributed by atoms with Crippen molar-refractivity contribution in [1.82, 2.24) is 10.8 Å².